The second-order valence-electron chi connectivity index (χ2n) is 3.44. The third kappa shape index (κ3) is 2.17. The molecular formula is C10H13N5O. The fraction of sp³-hybridized carbons (Fsp3) is 0.300. The molecule has 0 aliphatic carbocycles. The average molecular weight is 219 g/mol. The molecule has 2 aromatic heterocycles. The molecule has 16 heavy (non-hydrogen) atoms. The third-order valence-corrected chi connectivity index (χ3v) is 2.12. The number of aryl methyl sites for hydroxylation is 1. The van der Waals surface area contributed by atoms with Crippen LogP contribution in [0.5, 0.6) is 0 Å². The van der Waals surface area contributed by atoms with E-state index < -0.39 is 0 Å². The number of nitrogen functional groups attached to an aromatic ring is 1. The summed E-state index contributed by atoms with van der Waals surface area (Å²) < 4.78 is 1.66. The number of nitrogens with two attached hydrogens (primary N) is 1. The number of hydrogen-bond acceptors (Lipinski definition) is 5. The number of aliphatic hydroxyl groups is 1. The lowest BCUT2D eigenvalue weighted by molar-refractivity contribution is 0.269. The van der Waals surface area contributed by atoms with Crippen LogP contribution in [-0.4, -0.2) is 31.5 Å². The van der Waals surface area contributed by atoms with Gasteiger partial charge in [0.15, 0.2) is 0 Å². The Bertz CT molecular complexity index is 473. The lowest BCUT2D eigenvalue weighted by atomic mass is 10.2. The highest BCUT2D eigenvalue weighted by Gasteiger charge is 2.05. The van der Waals surface area contributed by atoms with Gasteiger partial charge in [0.25, 0.3) is 0 Å². The van der Waals surface area contributed by atoms with Gasteiger partial charge in [0.1, 0.15) is 11.6 Å². The van der Waals surface area contributed by atoms with Crippen LogP contribution < -0.4 is 5.73 Å². The summed E-state index contributed by atoms with van der Waals surface area (Å²) in [5.74, 6) is 1.07. The fourth-order valence-corrected chi connectivity index (χ4v) is 1.46. The first-order valence-corrected chi connectivity index (χ1v) is 4.94. The molecule has 6 heteroatoms. The molecular weight excluding hydrogens is 206 g/mol. The number of aliphatic hydroxyl groups excluding tert-OH is 1. The molecule has 0 saturated heterocycles. The molecule has 0 amide bonds. The largest absolute Gasteiger partial charge is 0.394 e. The maximum atomic E-state index is 8.78. The van der Waals surface area contributed by atoms with E-state index in [9.17, 15) is 0 Å². The van der Waals surface area contributed by atoms with E-state index >= 15 is 0 Å². The van der Waals surface area contributed by atoms with Crippen molar-refractivity contribution in [1.82, 2.24) is 19.7 Å². The van der Waals surface area contributed by atoms with Crippen LogP contribution in [-0.2, 0) is 6.54 Å². The van der Waals surface area contributed by atoms with E-state index in [-0.39, 0.29) is 6.61 Å². The molecule has 0 atom stereocenters. The molecule has 6 nitrogen and oxygen atoms in total. The molecule has 2 aromatic rings. The van der Waals surface area contributed by atoms with Crippen molar-refractivity contribution in [2.24, 2.45) is 0 Å². The molecule has 3 N–H and O–H groups in total. The smallest absolute Gasteiger partial charge is 0.128 e. The number of anilines is 1. The lowest BCUT2D eigenvalue weighted by Crippen LogP contribution is -2.01. The van der Waals surface area contributed by atoms with Crippen molar-refractivity contribution in [1.29, 1.82) is 0 Å². The molecule has 0 bridgehead atoms. The van der Waals surface area contributed by atoms with E-state index in [1.165, 1.54) is 0 Å². The predicted molar refractivity (Wildman–Crippen MR) is 59.5 cm³/mol. The molecule has 84 valence electrons. The van der Waals surface area contributed by atoms with E-state index in [0.717, 1.165) is 11.3 Å². The maximum absolute atomic E-state index is 8.78. The van der Waals surface area contributed by atoms with Crippen LogP contribution in [0.3, 0.4) is 0 Å². The van der Waals surface area contributed by atoms with Gasteiger partial charge in [-0.3, -0.25) is 4.68 Å². The van der Waals surface area contributed by atoms with E-state index in [2.05, 4.69) is 15.1 Å². The quantitative estimate of drug-likeness (QED) is 0.770. The van der Waals surface area contributed by atoms with Gasteiger partial charge in [-0.05, 0) is 6.92 Å². The summed E-state index contributed by atoms with van der Waals surface area (Å²) in [7, 11) is 0. The zero-order chi connectivity index (χ0) is 11.5. The first-order chi connectivity index (χ1) is 7.69. The predicted octanol–water partition coefficient (Wildman–Crippen LogP) is 0.223. The number of rotatable bonds is 3. The van der Waals surface area contributed by atoms with Crippen LogP contribution in [0.2, 0.25) is 0 Å². The SMILES string of the molecule is Cc1nc(N)cc(-c2cnn(CCO)c2)n1. The van der Waals surface area contributed by atoms with Crippen molar-refractivity contribution in [3.05, 3.63) is 24.3 Å². The van der Waals surface area contributed by atoms with Gasteiger partial charge in [0.2, 0.25) is 0 Å². The molecule has 0 spiro atoms. The average Bonchev–Trinajstić information content (AvgIpc) is 2.65. The van der Waals surface area contributed by atoms with Gasteiger partial charge in [0.05, 0.1) is 25.0 Å². The van der Waals surface area contributed by atoms with E-state index in [1.807, 2.05) is 6.20 Å². The number of nitrogens with zero attached hydrogens (tertiary/aromatic N) is 4. The van der Waals surface area contributed by atoms with Crippen molar-refractivity contribution < 1.29 is 5.11 Å². The van der Waals surface area contributed by atoms with Gasteiger partial charge in [-0.1, -0.05) is 0 Å². The highest BCUT2D eigenvalue weighted by atomic mass is 16.3. The van der Waals surface area contributed by atoms with Crippen molar-refractivity contribution in [2.45, 2.75) is 13.5 Å². The summed E-state index contributed by atoms with van der Waals surface area (Å²) >= 11 is 0. The molecule has 0 saturated carbocycles. The topological polar surface area (TPSA) is 89.8 Å². The summed E-state index contributed by atoms with van der Waals surface area (Å²) in [6.07, 6.45) is 3.51. The van der Waals surface area contributed by atoms with Crippen molar-refractivity contribution in [3.63, 3.8) is 0 Å². The minimum absolute atomic E-state index is 0.0616. The molecule has 0 aromatic carbocycles. The van der Waals surface area contributed by atoms with Crippen LogP contribution in [0.4, 0.5) is 5.82 Å². The molecule has 2 rings (SSSR count). The summed E-state index contributed by atoms with van der Waals surface area (Å²) in [5.41, 5.74) is 7.25. The normalized spacial score (nSPS) is 10.6. The number of aromatic nitrogens is 4. The third-order valence-electron chi connectivity index (χ3n) is 2.12. The molecule has 0 unspecified atom stereocenters. The summed E-state index contributed by atoms with van der Waals surface area (Å²) in [5, 5.41) is 12.9. The minimum Gasteiger partial charge on any atom is -0.394 e. The van der Waals surface area contributed by atoms with Gasteiger partial charge in [-0.2, -0.15) is 5.10 Å². The van der Waals surface area contributed by atoms with Gasteiger partial charge < -0.3 is 10.8 Å². The Kier molecular flexibility index (Phi) is 2.82. The van der Waals surface area contributed by atoms with Gasteiger partial charge >= 0.3 is 0 Å². The highest BCUT2D eigenvalue weighted by molar-refractivity contribution is 5.59. The first-order valence-electron chi connectivity index (χ1n) is 4.94. The Hall–Kier alpha value is -1.95. The standard InChI is InChI=1S/C10H13N5O/c1-7-13-9(4-10(11)14-7)8-5-12-15(6-8)2-3-16/h4-6,16H,2-3H2,1H3,(H2,11,13,14). The van der Waals surface area contributed by atoms with E-state index in [4.69, 9.17) is 10.8 Å². The Morgan fingerprint density at radius 3 is 2.94 bits per heavy atom. The Morgan fingerprint density at radius 2 is 2.25 bits per heavy atom. The zero-order valence-electron chi connectivity index (χ0n) is 8.96. The summed E-state index contributed by atoms with van der Waals surface area (Å²) in [6.45, 7) is 2.32. The van der Waals surface area contributed by atoms with Crippen LogP contribution in [0.15, 0.2) is 18.5 Å². The van der Waals surface area contributed by atoms with Crippen molar-refractivity contribution in [3.8, 4) is 11.3 Å². The number of hydrogen-bond donors (Lipinski definition) is 2. The van der Waals surface area contributed by atoms with Crippen molar-refractivity contribution >= 4 is 5.82 Å². The monoisotopic (exact) mass is 219 g/mol. The molecule has 2 heterocycles. The summed E-state index contributed by atoms with van der Waals surface area (Å²) in [6, 6.07) is 1.70. The van der Waals surface area contributed by atoms with Crippen LogP contribution in [0.25, 0.3) is 11.3 Å². The van der Waals surface area contributed by atoms with Crippen LogP contribution in [0, 0.1) is 6.92 Å². The maximum Gasteiger partial charge on any atom is 0.128 e. The van der Waals surface area contributed by atoms with E-state index in [0.29, 0.717) is 18.2 Å². The van der Waals surface area contributed by atoms with E-state index in [1.54, 1.807) is 23.9 Å². The van der Waals surface area contributed by atoms with Gasteiger partial charge in [-0.25, -0.2) is 9.97 Å². The van der Waals surface area contributed by atoms with Crippen molar-refractivity contribution in [2.75, 3.05) is 12.3 Å². The minimum atomic E-state index is 0.0616. The molecule has 0 fully saturated rings. The van der Waals surface area contributed by atoms with Gasteiger partial charge in [-0.15, -0.1) is 0 Å². The first kappa shape index (κ1) is 10.6. The summed E-state index contributed by atoms with van der Waals surface area (Å²) in [4.78, 5) is 8.27. The van der Waals surface area contributed by atoms with Crippen LogP contribution in [0.1, 0.15) is 5.82 Å². The molecule has 0 aliphatic heterocycles. The van der Waals surface area contributed by atoms with Gasteiger partial charge in [0, 0.05) is 17.8 Å². The lowest BCUT2D eigenvalue weighted by Gasteiger charge is -2.00. The zero-order valence-corrected chi connectivity index (χ0v) is 8.96. The second-order valence-corrected chi connectivity index (χ2v) is 3.44. The molecule has 0 radical (unpaired) electrons. The Labute approximate surface area is 92.8 Å². The van der Waals surface area contributed by atoms with Crippen LogP contribution >= 0.6 is 0 Å². The second kappa shape index (κ2) is 4.28. The molecule has 0 aliphatic rings. The Morgan fingerprint density at radius 1 is 1.44 bits per heavy atom. The fourth-order valence-electron chi connectivity index (χ4n) is 1.46. The highest BCUT2D eigenvalue weighted by Crippen LogP contribution is 2.17. The Balaban J connectivity index is 2.34.